The first kappa shape index (κ1) is 12.4. The van der Waals surface area contributed by atoms with Gasteiger partial charge < -0.3 is 10.1 Å². The maximum absolute atomic E-state index is 11.2. The SMILES string of the molecule is CNC(C)C(=O)OCCC(C)(C)C. The van der Waals surface area contributed by atoms with Gasteiger partial charge in [0.15, 0.2) is 0 Å². The summed E-state index contributed by atoms with van der Waals surface area (Å²) >= 11 is 0. The highest BCUT2D eigenvalue weighted by atomic mass is 16.5. The predicted octanol–water partition coefficient (Wildman–Crippen LogP) is 1.57. The number of rotatable bonds is 4. The Bertz CT molecular complexity index is 161. The Morgan fingerprint density at radius 1 is 1.46 bits per heavy atom. The number of hydrogen-bond acceptors (Lipinski definition) is 3. The van der Waals surface area contributed by atoms with E-state index in [0.717, 1.165) is 6.42 Å². The van der Waals surface area contributed by atoms with E-state index in [9.17, 15) is 4.79 Å². The first-order chi connectivity index (χ1) is 5.87. The highest BCUT2D eigenvalue weighted by molar-refractivity contribution is 5.75. The van der Waals surface area contributed by atoms with Gasteiger partial charge in [0.05, 0.1) is 6.61 Å². The van der Waals surface area contributed by atoms with Gasteiger partial charge in [0.1, 0.15) is 6.04 Å². The van der Waals surface area contributed by atoms with Crippen molar-refractivity contribution in [2.24, 2.45) is 5.41 Å². The Morgan fingerprint density at radius 2 is 2.00 bits per heavy atom. The van der Waals surface area contributed by atoms with Gasteiger partial charge in [0.25, 0.3) is 0 Å². The van der Waals surface area contributed by atoms with Gasteiger partial charge in [0.2, 0.25) is 0 Å². The van der Waals surface area contributed by atoms with Crippen molar-refractivity contribution < 1.29 is 9.53 Å². The molecule has 3 nitrogen and oxygen atoms in total. The number of hydrogen-bond donors (Lipinski definition) is 1. The lowest BCUT2D eigenvalue weighted by Gasteiger charge is -2.18. The number of carbonyl (C=O) groups excluding carboxylic acids is 1. The molecule has 0 spiro atoms. The zero-order valence-corrected chi connectivity index (χ0v) is 9.31. The smallest absolute Gasteiger partial charge is 0.322 e. The molecule has 78 valence electrons. The average Bonchev–Trinajstić information content (AvgIpc) is 2.00. The van der Waals surface area contributed by atoms with Crippen LogP contribution in [0.3, 0.4) is 0 Å². The second kappa shape index (κ2) is 5.22. The Hall–Kier alpha value is -0.570. The Morgan fingerprint density at radius 3 is 2.38 bits per heavy atom. The number of ether oxygens (including phenoxy) is 1. The van der Waals surface area contributed by atoms with Gasteiger partial charge in [-0.15, -0.1) is 0 Å². The van der Waals surface area contributed by atoms with Gasteiger partial charge in [-0.3, -0.25) is 4.79 Å². The first-order valence-electron chi connectivity index (χ1n) is 4.71. The van der Waals surface area contributed by atoms with Crippen LogP contribution in [0.25, 0.3) is 0 Å². The Kier molecular flexibility index (Phi) is 4.99. The third-order valence-corrected chi connectivity index (χ3v) is 1.88. The molecule has 1 atom stereocenters. The zero-order chi connectivity index (χ0) is 10.5. The predicted molar refractivity (Wildman–Crippen MR) is 53.6 cm³/mol. The summed E-state index contributed by atoms with van der Waals surface area (Å²) in [6.07, 6.45) is 0.898. The quantitative estimate of drug-likeness (QED) is 0.679. The normalized spacial score (nSPS) is 13.9. The van der Waals surface area contributed by atoms with Gasteiger partial charge in [-0.2, -0.15) is 0 Å². The van der Waals surface area contributed by atoms with Crippen molar-refractivity contribution >= 4 is 5.97 Å². The van der Waals surface area contributed by atoms with E-state index in [2.05, 4.69) is 26.1 Å². The maximum atomic E-state index is 11.2. The molecule has 0 heterocycles. The topological polar surface area (TPSA) is 38.3 Å². The van der Waals surface area contributed by atoms with Crippen molar-refractivity contribution in [2.75, 3.05) is 13.7 Å². The summed E-state index contributed by atoms with van der Waals surface area (Å²) in [4.78, 5) is 11.2. The van der Waals surface area contributed by atoms with E-state index in [-0.39, 0.29) is 17.4 Å². The molecular weight excluding hydrogens is 166 g/mol. The molecule has 0 aliphatic carbocycles. The molecule has 0 radical (unpaired) electrons. The van der Waals surface area contributed by atoms with Gasteiger partial charge >= 0.3 is 5.97 Å². The number of esters is 1. The molecule has 0 aliphatic rings. The number of likely N-dealkylation sites (N-methyl/N-ethyl adjacent to an activating group) is 1. The van der Waals surface area contributed by atoms with E-state index in [1.54, 1.807) is 14.0 Å². The van der Waals surface area contributed by atoms with E-state index < -0.39 is 0 Å². The van der Waals surface area contributed by atoms with Crippen molar-refractivity contribution in [3.05, 3.63) is 0 Å². The Balaban J connectivity index is 3.60. The lowest BCUT2D eigenvalue weighted by atomic mass is 9.93. The molecule has 0 amide bonds. The van der Waals surface area contributed by atoms with Crippen molar-refractivity contribution in [2.45, 2.75) is 40.2 Å². The van der Waals surface area contributed by atoms with Crippen LogP contribution in [0, 0.1) is 5.41 Å². The molecule has 0 aromatic carbocycles. The van der Waals surface area contributed by atoms with Crippen LogP contribution in [-0.4, -0.2) is 25.7 Å². The summed E-state index contributed by atoms with van der Waals surface area (Å²) in [5, 5.41) is 2.84. The fourth-order valence-corrected chi connectivity index (χ4v) is 0.701. The summed E-state index contributed by atoms with van der Waals surface area (Å²) in [7, 11) is 1.75. The number of carbonyl (C=O) groups is 1. The lowest BCUT2D eigenvalue weighted by molar-refractivity contribution is -0.146. The van der Waals surface area contributed by atoms with Crippen LogP contribution in [0.5, 0.6) is 0 Å². The fourth-order valence-electron chi connectivity index (χ4n) is 0.701. The molecule has 0 fully saturated rings. The van der Waals surface area contributed by atoms with Gasteiger partial charge in [0, 0.05) is 0 Å². The van der Waals surface area contributed by atoms with Crippen molar-refractivity contribution in [3.63, 3.8) is 0 Å². The molecule has 0 bridgehead atoms. The van der Waals surface area contributed by atoms with Crippen LogP contribution in [0.15, 0.2) is 0 Å². The first-order valence-corrected chi connectivity index (χ1v) is 4.71. The van der Waals surface area contributed by atoms with E-state index in [0.29, 0.717) is 6.61 Å². The minimum Gasteiger partial charge on any atom is -0.465 e. The third kappa shape index (κ3) is 6.58. The zero-order valence-electron chi connectivity index (χ0n) is 9.31. The van der Waals surface area contributed by atoms with Crippen LogP contribution in [0.2, 0.25) is 0 Å². The standard InChI is InChI=1S/C10H21NO2/c1-8(11-5)9(12)13-7-6-10(2,3)4/h8,11H,6-7H2,1-5H3. The molecule has 0 rings (SSSR count). The second-order valence-electron chi connectivity index (χ2n) is 4.49. The van der Waals surface area contributed by atoms with E-state index >= 15 is 0 Å². The molecule has 0 saturated carbocycles. The van der Waals surface area contributed by atoms with Crippen LogP contribution in [-0.2, 0) is 9.53 Å². The molecule has 3 heteroatoms. The summed E-state index contributed by atoms with van der Waals surface area (Å²) < 4.78 is 5.07. The van der Waals surface area contributed by atoms with E-state index in [4.69, 9.17) is 4.74 Å². The summed E-state index contributed by atoms with van der Waals surface area (Å²) in [6, 6.07) is -0.208. The summed E-state index contributed by atoms with van der Waals surface area (Å²) in [5.41, 5.74) is 0.225. The average molecular weight is 187 g/mol. The molecule has 1 N–H and O–H groups in total. The number of nitrogens with one attached hydrogen (secondary N) is 1. The van der Waals surface area contributed by atoms with Crippen molar-refractivity contribution in [3.8, 4) is 0 Å². The molecule has 0 aliphatic heterocycles. The molecule has 1 unspecified atom stereocenters. The summed E-state index contributed by atoms with van der Waals surface area (Å²) in [6.45, 7) is 8.68. The van der Waals surface area contributed by atoms with Crippen LogP contribution in [0.1, 0.15) is 34.1 Å². The minimum atomic E-state index is -0.208. The monoisotopic (exact) mass is 187 g/mol. The minimum absolute atomic E-state index is 0.174. The van der Waals surface area contributed by atoms with Crippen LogP contribution in [0.4, 0.5) is 0 Å². The summed E-state index contributed by atoms with van der Waals surface area (Å²) in [5.74, 6) is -0.174. The van der Waals surface area contributed by atoms with Crippen molar-refractivity contribution in [1.29, 1.82) is 0 Å². The molecule has 0 saturated heterocycles. The maximum Gasteiger partial charge on any atom is 0.322 e. The lowest BCUT2D eigenvalue weighted by Crippen LogP contribution is -2.32. The molecule has 0 aromatic heterocycles. The largest absolute Gasteiger partial charge is 0.465 e. The fraction of sp³-hybridized carbons (Fsp3) is 0.900. The van der Waals surface area contributed by atoms with E-state index in [1.165, 1.54) is 0 Å². The Labute approximate surface area is 80.8 Å². The highest BCUT2D eigenvalue weighted by Crippen LogP contribution is 2.17. The second-order valence-corrected chi connectivity index (χ2v) is 4.49. The van der Waals surface area contributed by atoms with E-state index in [1.807, 2.05) is 0 Å². The van der Waals surface area contributed by atoms with Crippen molar-refractivity contribution in [1.82, 2.24) is 5.32 Å². The molecule has 13 heavy (non-hydrogen) atoms. The van der Waals surface area contributed by atoms with Crippen LogP contribution >= 0.6 is 0 Å². The highest BCUT2D eigenvalue weighted by Gasteiger charge is 2.14. The van der Waals surface area contributed by atoms with Crippen LogP contribution < -0.4 is 5.32 Å². The van der Waals surface area contributed by atoms with Gasteiger partial charge in [-0.05, 0) is 25.8 Å². The molecule has 0 aromatic rings. The van der Waals surface area contributed by atoms with Gasteiger partial charge in [-0.1, -0.05) is 20.8 Å². The molecular formula is C10H21NO2. The third-order valence-electron chi connectivity index (χ3n) is 1.88. The van der Waals surface area contributed by atoms with Gasteiger partial charge in [-0.25, -0.2) is 0 Å².